The SMILES string of the molecule is CCN(C(=O)c1cccc(-c2cccc(C#N)n2)c1)[C@H]1CCS(=O)(=O)C1. The number of carbonyl (C=O) groups is 1. The highest BCUT2D eigenvalue weighted by Crippen LogP contribution is 2.23. The maximum absolute atomic E-state index is 12.9. The molecule has 3 rings (SSSR count). The highest BCUT2D eigenvalue weighted by atomic mass is 32.2. The van der Waals surface area contributed by atoms with E-state index in [4.69, 9.17) is 5.26 Å². The molecule has 0 aliphatic carbocycles. The van der Waals surface area contributed by atoms with Crippen molar-refractivity contribution in [2.24, 2.45) is 0 Å². The fourth-order valence-corrected chi connectivity index (χ4v) is 4.95. The third kappa shape index (κ3) is 3.75. The number of amides is 1. The van der Waals surface area contributed by atoms with E-state index in [1.165, 1.54) is 0 Å². The molecule has 0 saturated carbocycles. The van der Waals surface area contributed by atoms with Crippen LogP contribution in [0.4, 0.5) is 0 Å². The van der Waals surface area contributed by atoms with Gasteiger partial charge in [0.1, 0.15) is 11.8 Å². The molecule has 1 amide bonds. The highest BCUT2D eigenvalue weighted by molar-refractivity contribution is 7.91. The zero-order chi connectivity index (χ0) is 18.7. The summed E-state index contributed by atoms with van der Waals surface area (Å²) < 4.78 is 23.5. The van der Waals surface area contributed by atoms with Gasteiger partial charge in [0.05, 0.1) is 17.2 Å². The highest BCUT2D eigenvalue weighted by Gasteiger charge is 2.34. The quantitative estimate of drug-likeness (QED) is 0.824. The summed E-state index contributed by atoms with van der Waals surface area (Å²) in [4.78, 5) is 18.8. The molecule has 0 radical (unpaired) electrons. The largest absolute Gasteiger partial charge is 0.335 e. The third-order valence-corrected chi connectivity index (χ3v) is 6.27. The molecule has 1 aliphatic rings. The van der Waals surface area contributed by atoms with Crippen LogP contribution in [0.2, 0.25) is 0 Å². The molecule has 26 heavy (non-hydrogen) atoms. The van der Waals surface area contributed by atoms with E-state index in [0.717, 1.165) is 5.56 Å². The first kappa shape index (κ1) is 18.1. The predicted molar refractivity (Wildman–Crippen MR) is 98.2 cm³/mol. The van der Waals surface area contributed by atoms with E-state index >= 15 is 0 Å². The molecule has 0 unspecified atom stereocenters. The molecule has 7 heteroatoms. The molecule has 134 valence electrons. The minimum atomic E-state index is -3.06. The number of sulfone groups is 1. The van der Waals surface area contributed by atoms with E-state index in [0.29, 0.717) is 29.9 Å². The Morgan fingerprint density at radius 3 is 2.73 bits per heavy atom. The van der Waals surface area contributed by atoms with Crippen molar-refractivity contribution in [3.8, 4) is 17.3 Å². The molecule has 1 fully saturated rings. The number of pyridine rings is 1. The van der Waals surface area contributed by atoms with Gasteiger partial charge in [-0.05, 0) is 37.6 Å². The summed E-state index contributed by atoms with van der Waals surface area (Å²) in [5.74, 6) is -0.0300. The lowest BCUT2D eigenvalue weighted by atomic mass is 10.1. The Bertz CT molecular complexity index is 980. The summed E-state index contributed by atoms with van der Waals surface area (Å²) in [5, 5.41) is 9.00. The third-order valence-electron chi connectivity index (χ3n) is 4.52. The second-order valence-electron chi connectivity index (χ2n) is 6.25. The van der Waals surface area contributed by atoms with Gasteiger partial charge in [0.2, 0.25) is 0 Å². The first-order valence-electron chi connectivity index (χ1n) is 8.42. The average Bonchev–Trinajstić information content (AvgIpc) is 3.02. The molecule has 0 bridgehead atoms. The van der Waals surface area contributed by atoms with Crippen molar-refractivity contribution < 1.29 is 13.2 Å². The Hall–Kier alpha value is -2.72. The number of nitriles is 1. The Balaban J connectivity index is 1.89. The van der Waals surface area contributed by atoms with Crippen molar-refractivity contribution in [3.05, 3.63) is 53.7 Å². The monoisotopic (exact) mass is 369 g/mol. The van der Waals surface area contributed by atoms with E-state index < -0.39 is 9.84 Å². The average molecular weight is 369 g/mol. The topological polar surface area (TPSA) is 91.1 Å². The van der Waals surface area contributed by atoms with Gasteiger partial charge in [-0.3, -0.25) is 4.79 Å². The number of rotatable bonds is 4. The predicted octanol–water partition coefficient (Wildman–Crippen LogP) is 2.27. The van der Waals surface area contributed by atoms with Gasteiger partial charge < -0.3 is 4.90 Å². The normalized spacial score (nSPS) is 18.2. The summed E-state index contributed by atoms with van der Waals surface area (Å²) in [7, 11) is -3.06. The first-order chi connectivity index (χ1) is 12.4. The lowest BCUT2D eigenvalue weighted by Crippen LogP contribution is -2.40. The summed E-state index contributed by atoms with van der Waals surface area (Å²) in [6.45, 7) is 2.30. The van der Waals surface area contributed by atoms with Crippen LogP contribution in [0.25, 0.3) is 11.3 Å². The second-order valence-corrected chi connectivity index (χ2v) is 8.48. The fraction of sp³-hybridized carbons (Fsp3) is 0.316. The number of aromatic nitrogens is 1. The maximum atomic E-state index is 12.9. The van der Waals surface area contributed by atoms with E-state index in [-0.39, 0.29) is 23.5 Å². The van der Waals surface area contributed by atoms with Crippen molar-refractivity contribution >= 4 is 15.7 Å². The van der Waals surface area contributed by atoms with Crippen LogP contribution in [0.5, 0.6) is 0 Å². The maximum Gasteiger partial charge on any atom is 0.254 e. The fourth-order valence-electron chi connectivity index (χ4n) is 3.22. The number of nitrogens with zero attached hydrogens (tertiary/aromatic N) is 3. The van der Waals surface area contributed by atoms with Crippen molar-refractivity contribution in [1.29, 1.82) is 5.26 Å². The summed E-state index contributed by atoms with van der Waals surface area (Å²) in [5.41, 5.74) is 2.15. The Morgan fingerprint density at radius 2 is 2.08 bits per heavy atom. The van der Waals surface area contributed by atoms with Gasteiger partial charge in [-0.1, -0.05) is 18.2 Å². The van der Waals surface area contributed by atoms with Crippen LogP contribution in [0, 0.1) is 11.3 Å². The molecule has 0 N–H and O–H groups in total. The van der Waals surface area contributed by atoms with E-state index in [1.54, 1.807) is 41.3 Å². The van der Waals surface area contributed by atoms with Gasteiger partial charge in [-0.15, -0.1) is 0 Å². The van der Waals surface area contributed by atoms with Crippen LogP contribution in [0.3, 0.4) is 0 Å². The lowest BCUT2D eigenvalue weighted by Gasteiger charge is -2.27. The van der Waals surface area contributed by atoms with Crippen LogP contribution in [-0.4, -0.2) is 48.3 Å². The molecule has 1 aromatic carbocycles. The second kappa shape index (κ2) is 7.26. The summed E-state index contributed by atoms with van der Waals surface area (Å²) >= 11 is 0. The number of hydrogen-bond acceptors (Lipinski definition) is 5. The zero-order valence-electron chi connectivity index (χ0n) is 14.4. The first-order valence-corrected chi connectivity index (χ1v) is 10.2. The molecule has 2 heterocycles. The molecule has 1 saturated heterocycles. The Labute approximate surface area is 153 Å². The molecular weight excluding hydrogens is 350 g/mol. The molecular formula is C19H19N3O3S. The molecule has 2 aromatic rings. The number of carbonyl (C=O) groups excluding carboxylic acids is 1. The van der Waals surface area contributed by atoms with E-state index in [2.05, 4.69) is 4.98 Å². The Kier molecular flexibility index (Phi) is 5.05. The van der Waals surface area contributed by atoms with Gasteiger partial charge in [-0.25, -0.2) is 13.4 Å². The smallest absolute Gasteiger partial charge is 0.254 e. The summed E-state index contributed by atoms with van der Waals surface area (Å²) in [6.07, 6.45) is 0.480. The van der Waals surface area contributed by atoms with Crippen LogP contribution in [0.15, 0.2) is 42.5 Å². The summed E-state index contributed by atoms with van der Waals surface area (Å²) in [6, 6.07) is 13.9. The van der Waals surface area contributed by atoms with Crippen molar-refractivity contribution in [2.45, 2.75) is 19.4 Å². The lowest BCUT2D eigenvalue weighted by molar-refractivity contribution is 0.0708. The van der Waals surface area contributed by atoms with Gasteiger partial charge >= 0.3 is 0 Å². The van der Waals surface area contributed by atoms with Gasteiger partial charge in [0.25, 0.3) is 5.91 Å². The van der Waals surface area contributed by atoms with Gasteiger partial charge in [0, 0.05) is 23.7 Å². The standard InChI is InChI=1S/C19H19N3O3S/c1-2-22(17-9-10-26(24,25)13-17)19(23)15-6-3-5-14(11-15)18-8-4-7-16(12-20)21-18/h3-8,11,17H,2,9-10,13H2,1H3/t17-/m0/s1. The van der Waals surface area contributed by atoms with Crippen molar-refractivity contribution in [1.82, 2.24) is 9.88 Å². The minimum Gasteiger partial charge on any atom is -0.335 e. The molecule has 1 atom stereocenters. The minimum absolute atomic E-state index is 0.0258. The van der Waals surface area contributed by atoms with E-state index in [9.17, 15) is 13.2 Å². The van der Waals surface area contributed by atoms with Gasteiger partial charge in [-0.2, -0.15) is 5.26 Å². The van der Waals surface area contributed by atoms with Crippen LogP contribution >= 0.6 is 0 Å². The molecule has 0 spiro atoms. The molecule has 1 aromatic heterocycles. The van der Waals surface area contributed by atoms with Crippen LogP contribution < -0.4 is 0 Å². The number of benzene rings is 1. The van der Waals surface area contributed by atoms with Crippen molar-refractivity contribution in [3.63, 3.8) is 0 Å². The van der Waals surface area contributed by atoms with E-state index in [1.807, 2.05) is 19.1 Å². The van der Waals surface area contributed by atoms with Crippen LogP contribution in [-0.2, 0) is 9.84 Å². The molecule has 6 nitrogen and oxygen atoms in total. The molecule has 1 aliphatic heterocycles. The van der Waals surface area contributed by atoms with Crippen molar-refractivity contribution in [2.75, 3.05) is 18.1 Å². The Morgan fingerprint density at radius 1 is 1.31 bits per heavy atom. The van der Waals surface area contributed by atoms with Gasteiger partial charge in [0.15, 0.2) is 9.84 Å². The number of hydrogen-bond donors (Lipinski definition) is 0. The van der Waals surface area contributed by atoms with Crippen LogP contribution in [0.1, 0.15) is 29.4 Å². The zero-order valence-corrected chi connectivity index (χ0v) is 15.2.